The Labute approximate surface area is 149 Å². The van der Waals surface area contributed by atoms with Crippen LogP contribution >= 0.6 is 11.6 Å². The molecule has 130 valence electrons. The predicted molar refractivity (Wildman–Crippen MR) is 101 cm³/mol. The van der Waals surface area contributed by atoms with Gasteiger partial charge in [-0.15, -0.1) is 0 Å². The second kappa shape index (κ2) is 7.68. The summed E-state index contributed by atoms with van der Waals surface area (Å²) >= 11 is 6.12. The Kier molecular flexibility index (Phi) is 5.59. The minimum absolute atomic E-state index is 0.257. The molecule has 0 radical (unpaired) electrons. The number of aryl methyl sites for hydroxylation is 1. The Morgan fingerprint density at radius 3 is 2.75 bits per heavy atom. The van der Waals surface area contributed by atoms with Crippen molar-refractivity contribution in [3.8, 4) is 0 Å². The number of aliphatic hydroxyl groups excluding tert-OH is 1. The van der Waals surface area contributed by atoms with Crippen molar-refractivity contribution in [2.75, 3.05) is 44.7 Å². The molecule has 0 atom stereocenters. The topological polar surface area (TPSA) is 39.6 Å². The molecule has 24 heavy (non-hydrogen) atoms. The van der Waals surface area contributed by atoms with Crippen LogP contribution in [0.3, 0.4) is 0 Å². The largest absolute Gasteiger partial charge is 0.395 e. The van der Waals surface area contributed by atoms with Gasteiger partial charge in [0.1, 0.15) is 5.82 Å². The van der Waals surface area contributed by atoms with Crippen molar-refractivity contribution in [3.63, 3.8) is 0 Å². The van der Waals surface area contributed by atoms with Crippen molar-refractivity contribution in [3.05, 3.63) is 34.9 Å². The maximum Gasteiger partial charge on any atom is 0.129 e. The van der Waals surface area contributed by atoms with E-state index in [2.05, 4.69) is 29.8 Å². The standard InChI is InChI=1S/C19H26ClN3O/c1-14-11-19(21-18-12-16(20)3-4-17(14)18)22(2)13-15-5-7-23(8-6-15)9-10-24/h3-4,11-12,15,24H,5-10,13H2,1-2H3. The number of aliphatic hydroxyl groups is 1. The highest BCUT2D eigenvalue weighted by Crippen LogP contribution is 2.26. The average Bonchev–Trinajstić information content (AvgIpc) is 2.56. The van der Waals surface area contributed by atoms with Crippen LogP contribution in [0.2, 0.25) is 5.02 Å². The van der Waals surface area contributed by atoms with E-state index in [-0.39, 0.29) is 6.61 Å². The van der Waals surface area contributed by atoms with Crippen LogP contribution in [0.5, 0.6) is 0 Å². The van der Waals surface area contributed by atoms with Crippen LogP contribution in [0, 0.1) is 12.8 Å². The van der Waals surface area contributed by atoms with E-state index in [1.54, 1.807) is 0 Å². The highest BCUT2D eigenvalue weighted by atomic mass is 35.5. The molecular formula is C19H26ClN3O. The average molecular weight is 348 g/mol. The molecule has 1 saturated heterocycles. The fourth-order valence-electron chi connectivity index (χ4n) is 3.57. The summed E-state index contributed by atoms with van der Waals surface area (Å²) in [5.41, 5.74) is 2.19. The van der Waals surface area contributed by atoms with Gasteiger partial charge in [-0.2, -0.15) is 0 Å². The normalized spacial score (nSPS) is 16.7. The van der Waals surface area contributed by atoms with Gasteiger partial charge in [0.05, 0.1) is 12.1 Å². The lowest BCUT2D eigenvalue weighted by atomic mass is 9.96. The summed E-state index contributed by atoms with van der Waals surface area (Å²) in [6.07, 6.45) is 2.37. The van der Waals surface area contributed by atoms with Crippen LogP contribution < -0.4 is 4.90 Å². The van der Waals surface area contributed by atoms with E-state index in [1.807, 2.05) is 18.2 Å². The van der Waals surface area contributed by atoms with Gasteiger partial charge in [-0.05, 0) is 62.5 Å². The number of hydrogen-bond donors (Lipinski definition) is 1. The molecule has 5 heteroatoms. The maximum atomic E-state index is 9.04. The van der Waals surface area contributed by atoms with E-state index >= 15 is 0 Å². The van der Waals surface area contributed by atoms with Crippen molar-refractivity contribution in [2.45, 2.75) is 19.8 Å². The molecule has 1 aliphatic heterocycles. The lowest BCUT2D eigenvalue weighted by molar-refractivity contribution is 0.149. The summed E-state index contributed by atoms with van der Waals surface area (Å²) in [5.74, 6) is 1.70. The van der Waals surface area contributed by atoms with E-state index < -0.39 is 0 Å². The fourth-order valence-corrected chi connectivity index (χ4v) is 3.73. The van der Waals surface area contributed by atoms with Gasteiger partial charge in [0.25, 0.3) is 0 Å². The first-order valence-corrected chi connectivity index (χ1v) is 9.06. The third-order valence-electron chi connectivity index (χ3n) is 5.01. The number of anilines is 1. The molecule has 1 N–H and O–H groups in total. The number of aromatic nitrogens is 1. The molecule has 1 aromatic heterocycles. The van der Waals surface area contributed by atoms with Crippen molar-refractivity contribution >= 4 is 28.3 Å². The SMILES string of the molecule is Cc1cc(N(C)CC2CCN(CCO)CC2)nc2cc(Cl)ccc12. The van der Waals surface area contributed by atoms with Crippen molar-refractivity contribution in [1.29, 1.82) is 0 Å². The van der Waals surface area contributed by atoms with Crippen molar-refractivity contribution in [2.24, 2.45) is 5.92 Å². The zero-order chi connectivity index (χ0) is 17.1. The molecule has 4 nitrogen and oxygen atoms in total. The Bertz CT molecular complexity index is 698. The minimum Gasteiger partial charge on any atom is -0.395 e. The number of nitrogens with zero attached hydrogens (tertiary/aromatic N) is 3. The van der Waals surface area contributed by atoms with Gasteiger partial charge in [0.15, 0.2) is 0 Å². The molecule has 1 aliphatic rings. The van der Waals surface area contributed by atoms with E-state index in [0.29, 0.717) is 5.92 Å². The first-order chi connectivity index (χ1) is 11.6. The number of fused-ring (bicyclic) bond motifs is 1. The van der Waals surface area contributed by atoms with E-state index in [1.165, 1.54) is 18.4 Å². The third-order valence-corrected chi connectivity index (χ3v) is 5.25. The summed E-state index contributed by atoms with van der Waals surface area (Å²) < 4.78 is 0. The zero-order valence-corrected chi connectivity index (χ0v) is 15.3. The summed E-state index contributed by atoms with van der Waals surface area (Å²) in [4.78, 5) is 9.41. The van der Waals surface area contributed by atoms with Gasteiger partial charge in [0.2, 0.25) is 0 Å². The Hall–Kier alpha value is -1.36. The zero-order valence-electron chi connectivity index (χ0n) is 14.5. The number of halogens is 1. The van der Waals surface area contributed by atoms with Crippen LogP contribution in [0.25, 0.3) is 10.9 Å². The fraction of sp³-hybridized carbons (Fsp3) is 0.526. The molecule has 2 heterocycles. The van der Waals surface area contributed by atoms with Crippen LogP contribution in [-0.2, 0) is 0 Å². The number of piperidine rings is 1. The highest BCUT2D eigenvalue weighted by Gasteiger charge is 2.20. The molecule has 2 aromatic rings. The quantitative estimate of drug-likeness (QED) is 0.900. The number of rotatable bonds is 5. The van der Waals surface area contributed by atoms with E-state index in [4.69, 9.17) is 21.7 Å². The van der Waals surface area contributed by atoms with Crippen molar-refractivity contribution in [1.82, 2.24) is 9.88 Å². The Balaban J connectivity index is 1.69. The first-order valence-electron chi connectivity index (χ1n) is 8.68. The van der Waals surface area contributed by atoms with Gasteiger partial charge >= 0.3 is 0 Å². The number of β-amino-alcohol motifs (C(OH)–C–C–N with tert-alkyl or cyclic N) is 1. The summed E-state index contributed by atoms with van der Waals surface area (Å²) in [7, 11) is 2.12. The monoisotopic (exact) mass is 347 g/mol. The predicted octanol–water partition coefficient (Wildman–Crippen LogP) is 3.34. The van der Waals surface area contributed by atoms with Gasteiger partial charge in [-0.1, -0.05) is 17.7 Å². The molecular weight excluding hydrogens is 322 g/mol. The van der Waals surface area contributed by atoms with Crippen molar-refractivity contribution < 1.29 is 5.11 Å². The van der Waals surface area contributed by atoms with Gasteiger partial charge in [0, 0.05) is 30.5 Å². The van der Waals surface area contributed by atoms with Gasteiger partial charge in [-0.25, -0.2) is 4.98 Å². The minimum atomic E-state index is 0.257. The van der Waals surface area contributed by atoms with Crippen LogP contribution in [-0.4, -0.2) is 54.8 Å². The molecule has 0 aliphatic carbocycles. The molecule has 0 amide bonds. The second-order valence-corrected chi connectivity index (χ2v) is 7.28. The maximum absolute atomic E-state index is 9.04. The molecule has 3 rings (SSSR count). The summed E-state index contributed by atoms with van der Waals surface area (Å²) in [6, 6.07) is 8.06. The summed E-state index contributed by atoms with van der Waals surface area (Å²) in [6.45, 7) is 6.37. The third kappa shape index (κ3) is 4.00. The lowest BCUT2D eigenvalue weighted by Gasteiger charge is -2.33. The summed E-state index contributed by atoms with van der Waals surface area (Å²) in [5, 5.41) is 10.9. The van der Waals surface area contributed by atoms with Crippen LogP contribution in [0.15, 0.2) is 24.3 Å². The molecule has 0 unspecified atom stereocenters. The molecule has 0 bridgehead atoms. The molecule has 1 fully saturated rings. The number of benzene rings is 1. The van der Waals surface area contributed by atoms with E-state index in [0.717, 1.165) is 47.9 Å². The van der Waals surface area contributed by atoms with E-state index in [9.17, 15) is 0 Å². The molecule has 0 saturated carbocycles. The van der Waals surface area contributed by atoms with Gasteiger partial charge in [-0.3, -0.25) is 0 Å². The second-order valence-electron chi connectivity index (χ2n) is 6.85. The van der Waals surface area contributed by atoms with Crippen LogP contribution in [0.4, 0.5) is 5.82 Å². The number of pyridine rings is 1. The Morgan fingerprint density at radius 1 is 1.29 bits per heavy atom. The number of likely N-dealkylation sites (tertiary alicyclic amines) is 1. The highest BCUT2D eigenvalue weighted by molar-refractivity contribution is 6.31. The Morgan fingerprint density at radius 2 is 2.04 bits per heavy atom. The molecule has 0 spiro atoms. The first kappa shape index (κ1) is 17.5. The molecule has 1 aromatic carbocycles. The lowest BCUT2D eigenvalue weighted by Crippen LogP contribution is -2.39. The van der Waals surface area contributed by atoms with Gasteiger partial charge < -0.3 is 14.9 Å². The van der Waals surface area contributed by atoms with Crippen LogP contribution in [0.1, 0.15) is 18.4 Å². The smallest absolute Gasteiger partial charge is 0.129 e. The number of hydrogen-bond acceptors (Lipinski definition) is 4.